The largest absolute Gasteiger partial charge is 0.478 e. The highest BCUT2D eigenvalue weighted by molar-refractivity contribution is 7.19. The molecule has 0 unspecified atom stereocenters. The molecule has 5 heteroatoms. The number of carbonyl (C=O) groups is 1. The number of hydrogen-bond donors (Lipinski definition) is 2. The average molecular weight is 316 g/mol. The molecule has 2 aromatic carbocycles. The zero-order chi connectivity index (χ0) is 15.9. The van der Waals surface area contributed by atoms with Gasteiger partial charge in [-0.3, -0.25) is 0 Å². The first-order valence-corrected chi connectivity index (χ1v) is 7.49. The summed E-state index contributed by atoms with van der Waals surface area (Å²) in [5, 5.41) is 19.5. The summed E-state index contributed by atoms with van der Waals surface area (Å²) in [6.07, 6.45) is 0. The highest BCUT2D eigenvalue weighted by atomic mass is 32.1. The number of benzene rings is 2. The molecule has 3 aromatic rings. The van der Waals surface area contributed by atoms with E-state index in [0.717, 1.165) is 32.2 Å². The molecular formula is C17H13FO3S. The first kappa shape index (κ1) is 14.7. The number of rotatable bonds is 3. The summed E-state index contributed by atoms with van der Waals surface area (Å²) in [6, 6.07) is 9.43. The van der Waals surface area contributed by atoms with Crippen LogP contribution in [0.5, 0.6) is 0 Å². The van der Waals surface area contributed by atoms with Gasteiger partial charge >= 0.3 is 5.97 Å². The van der Waals surface area contributed by atoms with Crippen molar-refractivity contribution in [1.29, 1.82) is 0 Å². The van der Waals surface area contributed by atoms with Crippen LogP contribution in [0.1, 0.15) is 20.8 Å². The quantitative estimate of drug-likeness (QED) is 0.761. The van der Waals surface area contributed by atoms with Crippen molar-refractivity contribution in [2.24, 2.45) is 0 Å². The van der Waals surface area contributed by atoms with Gasteiger partial charge < -0.3 is 10.2 Å². The van der Waals surface area contributed by atoms with Crippen LogP contribution in [0.4, 0.5) is 4.39 Å². The van der Waals surface area contributed by atoms with Gasteiger partial charge in [-0.15, -0.1) is 11.3 Å². The van der Waals surface area contributed by atoms with Crippen molar-refractivity contribution in [3.05, 3.63) is 58.2 Å². The summed E-state index contributed by atoms with van der Waals surface area (Å²) in [6.45, 7) is 1.89. The number of aliphatic hydroxyl groups excluding tert-OH is 1. The second kappa shape index (κ2) is 5.51. The molecule has 3 rings (SSSR count). The van der Waals surface area contributed by atoms with Gasteiger partial charge in [0.1, 0.15) is 5.82 Å². The summed E-state index contributed by atoms with van der Waals surface area (Å²) in [4.78, 5) is 12.0. The third-order valence-electron chi connectivity index (χ3n) is 3.66. The zero-order valence-corrected chi connectivity index (χ0v) is 12.6. The second-order valence-electron chi connectivity index (χ2n) is 5.02. The molecule has 3 nitrogen and oxygen atoms in total. The summed E-state index contributed by atoms with van der Waals surface area (Å²) in [5.74, 6) is -1.74. The first-order valence-electron chi connectivity index (χ1n) is 6.67. The molecule has 0 fully saturated rings. The van der Waals surface area contributed by atoms with E-state index in [4.69, 9.17) is 5.11 Å². The predicted molar refractivity (Wildman–Crippen MR) is 84.8 cm³/mol. The molecule has 22 heavy (non-hydrogen) atoms. The van der Waals surface area contributed by atoms with Crippen molar-refractivity contribution in [2.75, 3.05) is 0 Å². The van der Waals surface area contributed by atoms with Crippen LogP contribution in [0.2, 0.25) is 0 Å². The summed E-state index contributed by atoms with van der Waals surface area (Å²) in [7, 11) is 0. The lowest BCUT2D eigenvalue weighted by Gasteiger charge is -2.06. The van der Waals surface area contributed by atoms with E-state index in [1.165, 1.54) is 23.5 Å². The van der Waals surface area contributed by atoms with Crippen LogP contribution in [0.3, 0.4) is 0 Å². The van der Waals surface area contributed by atoms with E-state index >= 15 is 0 Å². The van der Waals surface area contributed by atoms with Crippen LogP contribution < -0.4 is 0 Å². The normalized spacial score (nSPS) is 11.0. The fourth-order valence-electron chi connectivity index (χ4n) is 2.54. The van der Waals surface area contributed by atoms with E-state index in [1.807, 2.05) is 25.1 Å². The summed E-state index contributed by atoms with van der Waals surface area (Å²) in [5.41, 5.74) is 2.21. The van der Waals surface area contributed by atoms with Gasteiger partial charge in [0.05, 0.1) is 12.2 Å². The van der Waals surface area contributed by atoms with Gasteiger partial charge in [0.2, 0.25) is 0 Å². The van der Waals surface area contributed by atoms with Crippen molar-refractivity contribution in [1.82, 2.24) is 0 Å². The van der Waals surface area contributed by atoms with Crippen LogP contribution in [-0.4, -0.2) is 16.2 Å². The smallest absolute Gasteiger partial charge is 0.335 e. The Labute approximate surface area is 130 Å². The number of carboxylic acid groups (broad SMARTS) is 1. The number of halogens is 1. The molecule has 0 bridgehead atoms. The lowest BCUT2D eigenvalue weighted by molar-refractivity contribution is 0.0696. The molecule has 2 N–H and O–H groups in total. The molecule has 112 valence electrons. The highest BCUT2D eigenvalue weighted by Crippen LogP contribution is 2.38. The Hall–Kier alpha value is -2.24. The van der Waals surface area contributed by atoms with Crippen molar-refractivity contribution >= 4 is 27.4 Å². The number of thiophene rings is 1. The van der Waals surface area contributed by atoms with Gasteiger partial charge in [0, 0.05) is 9.58 Å². The first-order chi connectivity index (χ1) is 10.5. The molecule has 0 aliphatic rings. The topological polar surface area (TPSA) is 57.5 Å². The molecule has 0 saturated carbocycles. The highest BCUT2D eigenvalue weighted by Gasteiger charge is 2.14. The van der Waals surface area contributed by atoms with Crippen molar-refractivity contribution in [2.45, 2.75) is 13.5 Å². The molecule has 0 aliphatic carbocycles. The predicted octanol–water partition coefficient (Wildman–Crippen LogP) is 4.21. The number of aliphatic hydroxyl groups is 1. The second-order valence-corrected chi connectivity index (χ2v) is 6.13. The minimum atomic E-state index is -1.16. The van der Waals surface area contributed by atoms with E-state index < -0.39 is 11.8 Å². The number of aromatic carboxylic acids is 1. The van der Waals surface area contributed by atoms with E-state index in [1.54, 1.807) is 0 Å². The molecule has 1 heterocycles. The van der Waals surface area contributed by atoms with Crippen LogP contribution in [0, 0.1) is 12.7 Å². The Kier molecular flexibility index (Phi) is 3.68. The van der Waals surface area contributed by atoms with Crippen molar-refractivity contribution in [3.8, 4) is 11.1 Å². The van der Waals surface area contributed by atoms with E-state index in [9.17, 15) is 14.3 Å². The van der Waals surface area contributed by atoms with Gasteiger partial charge in [-0.25, -0.2) is 9.18 Å². The van der Waals surface area contributed by atoms with Gasteiger partial charge in [0.15, 0.2) is 0 Å². The standard InChI is InChI=1S/C17H13FO3S/c1-9-13-3-2-4-14(16(13)22-15(9)8-19)10-5-11(17(20)21)7-12(18)6-10/h2-7,19H,8H2,1H3,(H,20,21). The monoisotopic (exact) mass is 316 g/mol. The van der Waals surface area contributed by atoms with Crippen molar-refractivity contribution < 1.29 is 19.4 Å². The molecule has 0 atom stereocenters. The average Bonchev–Trinajstić information content (AvgIpc) is 2.83. The fraction of sp³-hybridized carbons (Fsp3) is 0.118. The minimum absolute atomic E-state index is 0.0475. The summed E-state index contributed by atoms with van der Waals surface area (Å²) >= 11 is 1.45. The molecule has 0 radical (unpaired) electrons. The Morgan fingerprint density at radius 2 is 2.05 bits per heavy atom. The molecule has 0 spiro atoms. The number of aryl methyl sites for hydroxylation is 1. The molecule has 0 amide bonds. The number of carboxylic acids is 1. The molecule has 0 aliphatic heterocycles. The van der Waals surface area contributed by atoms with Crippen LogP contribution >= 0.6 is 11.3 Å². The zero-order valence-electron chi connectivity index (χ0n) is 11.8. The Balaban J connectivity index is 2.29. The van der Waals surface area contributed by atoms with E-state index in [0.29, 0.717) is 5.56 Å². The minimum Gasteiger partial charge on any atom is -0.478 e. The maximum absolute atomic E-state index is 13.7. The SMILES string of the molecule is Cc1c(CO)sc2c(-c3cc(F)cc(C(=O)O)c3)cccc12. The fourth-order valence-corrected chi connectivity index (χ4v) is 3.74. The summed E-state index contributed by atoms with van der Waals surface area (Å²) < 4.78 is 14.6. The van der Waals surface area contributed by atoms with Gasteiger partial charge in [0.25, 0.3) is 0 Å². The number of fused-ring (bicyclic) bond motifs is 1. The molecule has 0 saturated heterocycles. The lowest BCUT2D eigenvalue weighted by Crippen LogP contribution is -1.97. The van der Waals surface area contributed by atoms with Crippen LogP contribution in [0.15, 0.2) is 36.4 Å². The van der Waals surface area contributed by atoms with Crippen LogP contribution in [-0.2, 0) is 6.61 Å². The third kappa shape index (κ3) is 2.38. The molecular weight excluding hydrogens is 303 g/mol. The van der Waals surface area contributed by atoms with E-state index in [2.05, 4.69) is 0 Å². The van der Waals surface area contributed by atoms with Gasteiger partial charge in [-0.05, 0) is 47.2 Å². The Morgan fingerprint density at radius 3 is 2.73 bits per heavy atom. The van der Waals surface area contributed by atoms with Crippen LogP contribution in [0.25, 0.3) is 21.2 Å². The van der Waals surface area contributed by atoms with Crippen molar-refractivity contribution in [3.63, 3.8) is 0 Å². The Bertz CT molecular complexity index is 883. The lowest BCUT2D eigenvalue weighted by atomic mass is 10.0. The van der Waals surface area contributed by atoms with Gasteiger partial charge in [-0.2, -0.15) is 0 Å². The van der Waals surface area contributed by atoms with E-state index in [-0.39, 0.29) is 12.2 Å². The molecule has 1 aromatic heterocycles. The van der Waals surface area contributed by atoms with Gasteiger partial charge in [-0.1, -0.05) is 18.2 Å². The third-order valence-corrected chi connectivity index (χ3v) is 4.99. The maximum Gasteiger partial charge on any atom is 0.335 e. The maximum atomic E-state index is 13.7. The Morgan fingerprint density at radius 1 is 1.27 bits per heavy atom. The number of hydrogen-bond acceptors (Lipinski definition) is 3.